The normalized spacial score (nSPS) is 13.7. The topological polar surface area (TPSA) is 23.4 Å². The van der Waals surface area contributed by atoms with Crippen molar-refractivity contribution in [3.63, 3.8) is 0 Å². The second kappa shape index (κ2) is 7.99. The molecule has 4 radical (unpaired) electrons. The predicted octanol–water partition coefficient (Wildman–Crippen LogP) is 5.77. The lowest BCUT2D eigenvalue weighted by molar-refractivity contribution is -0.0432. The quantitative estimate of drug-likeness (QED) is 0.421. The van der Waals surface area contributed by atoms with Gasteiger partial charge in [0, 0.05) is 16.3 Å². The third-order valence-electron chi connectivity index (χ3n) is 6.22. The lowest BCUT2D eigenvalue weighted by Gasteiger charge is -2.38. The third-order valence-corrected chi connectivity index (χ3v) is 12.4. The van der Waals surface area contributed by atoms with E-state index < -0.39 is 8.24 Å². The van der Waals surface area contributed by atoms with Gasteiger partial charge in [0.15, 0.2) is 8.24 Å². The summed E-state index contributed by atoms with van der Waals surface area (Å²) < 4.78 is 14.5. The monoisotopic (exact) mass is 417 g/mol. The first-order valence-electron chi connectivity index (χ1n) is 9.65. The molecule has 0 aliphatic rings. The molecular weight excluding hydrogens is 382 g/mol. The zero-order chi connectivity index (χ0) is 20.6. The lowest BCUT2D eigenvalue weighted by Crippen LogP contribution is -2.44. The summed E-state index contributed by atoms with van der Waals surface area (Å²) in [6, 6.07) is 6.92. The molecule has 0 saturated carbocycles. The first-order valence-corrected chi connectivity index (χ1v) is 15.4. The van der Waals surface area contributed by atoms with Crippen LogP contribution in [-0.2, 0) is 14.3 Å². The molecule has 1 aromatic carbocycles. The zero-order valence-corrected chi connectivity index (χ0v) is 21.7. The molecule has 0 bridgehead atoms. The molecule has 3 nitrogen and oxygen atoms in total. The number of fused-ring (bicyclic) bond motifs is 1. The molecule has 1 heterocycles. The molecule has 0 N–H and O–H groups in total. The maximum Gasteiger partial charge on any atom is 0.229 e. The van der Waals surface area contributed by atoms with E-state index in [4.69, 9.17) is 8.85 Å². The highest BCUT2D eigenvalue weighted by Crippen LogP contribution is 2.40. The summed E-state index contributed by atoms with van der Waals surface area (Å²) in [5.74, 6) is 0. The number of benzene rings is 1. The third kappa shape index (κ3) is 4.19. The van der Waals surface area contributed by atoms with E-state index in [0.717, 1.165) is 0 Å². The highest BCUT2D eigenvalue weighted by Gasteiger charge is 2.39. The highest BCUT2D eigenvalue weighted by molar-refractivity contribution is 6.79. The number of hydrogen-bond acceptors (Lipinski definition) is 2. The van der Waals surface area contributed by atoms with Crippen LogP contribution in [0.1, 0.15) is 45.7 Å². The van der Waals surface area contributed by atoms with Crippen LogP contribution < -0.4 is 0 Å². The molecule has 0 aliphatic carbocycles. The highest BCUT2D eigenvalue weighted by atomic mass is 28.3. The van der Waals surface area contributed by atoms with Crippen LogP contribution in [0.3, 0.4) is 0 Å². The van der Waals surface area contributed by atoms with E-state index in [9.17, 15) is 0 Å². The van der Waals surface area contributed by atoms with Crippen LogP contribution in [0.15, 0.2) is 24.4 Å². The van der Waals surface area contributed by atoms with E-state index in [1.54, 1.807) is 0 Å². The van der Waals surface area contributed by atoms with Crippen molar-refractivity contribution < 1.29 is 8.85 Å². The number of nitrogens with zero attached hydrogens (tertiary/aromatic N) is 1. The summed E-state index contributed by atoms with van der Waals surface area (Å²) in [5.41, 5.74) is 3.77. The van der Waals surface area contributed by atoms with Gasteiger partial charge < -0.3 is 13.1 Å². The molecule has 2 rings (SSSR count). The van der Waals surface area contributed by atoms with Crippen molar-refractivity contribution in [2.75, 3.05) is 0 Å². The summed E-state index contributed by atoms with van der Waals surface area (Å²) in [6.45, 7) is 22.8. The largest absolute Gasteiger partial charge is 0.393 e. The second-order valence-corrected chi connectivity index (χ2v) is 15.8. The van der Waals surface area contributed by atoms with Crippen LogP contribution in [0.2, 0.25) is 31.2 Å². The molecule has 0 fully saturated rings. The Balaban J connectivity index is 2.57. The maximum absolute atomic E-state index is 5.96. The molecule has 0 atom stereocenters. The average Bonchev–Trinajstić information content (AvgIpc) is 2.90. The molecule has 0 spiro atoms. The number of aromatic nitrogens is 1. The minimum atomic E-state index is -1.67. The SMILES string of the molecule is C[Si]OC(O[Si]C)C(C)(C)c1ccc2c(c1)c(C)cn2[Si](C)(C)C(C)(C)C. The molecule has 0 amide bonds. The molecule has 2 aromatic rings. The number of rotatable bonds is 7. The first-order chi connectivity index (χ1) is 12.4. The summed E-state index contributed by atoms with van der Waals surface area (Å²) >= 11 is 0. The standard InChI is InChI=1S/C21H35NO2Si3/c1-15-14-22(27(9,10)20(2,3)4)18-12-11-16(13-17(15)18)21(5,6)19(23-25-7)24-26-8/h11-14,19H,1-10H3. The van der Waals surface area contributed by atoms with Crippen LogP contribution in [0.4, 0.5) is 0 Å². The minimum absolute atomic E-state index is 0.203. The maximum atomic E-state index is 5.96. The van der Waals surface area contributed by atoms with E-state index in [1.807, 2.05) is 0 Å². The molecular formula is C21H35NO2Si3. The Labute approximate surface area is 171 Å². The minimum Gasteiger partial charge on any atom is -0.393 e. The molecule has 0 unspecified atom stereocenters. The van der Waals surface area contributed by atoms with Crippen LogP contribution in [0, 0.1) is 6.92 Å². The van der Waals surface area contributed by atoms with E-state index in [2.05, 4.69) is 96.4 Å². The Morgan fingerprint density at radius 3 is 2.04 bits per heavy atom. The fourth-order valence-corrected chi connectivity index (χ4v) is 6.53. The van der Waals surface area contributed by atoms with Gasteiger partial charge in [-0.1, -0.05) is 53.8 Å². The molecule has 0 saturated heterocycles. The van der Waals surface area contributed by atoms with E-state index >= 15 is 0 Å². The average molecular weight is 418 g/mol. The Morgan fingerprint density at radius 1 is 1.00 bits per heavy atom. The molecule has 27 heavy (non-hydrogen) atoms. The Morgan fingerprint density at radius 2 is 1.56 bits per heavy atom. The molecule has 148 valence electrons. The van der Waals surface area contributed by atoms with Crippen molar-refractivity contribution in [3.8, 4) is 0 Å². The van der Waals surface area contributed by atoms with Crippen molar-refractivity contribution in [1.29, 1.82) is 0 Å². The van der Waals surface area contributed by atoms with Gasteiger partial charge in [-0.2, -0.15) is 0 Å². The summed E-state index contributed by atoms with van der Waals surface area (Å²) in [6.07, 6.45) is 2.15. The number of hydrogen-bond donors (Lipinski definition) is 0. The fourth-order valence-electron chi connectivity index (χ4n) is 3.29. The van der Waals surface area contributed by atoms with E-state index in [-0.39, 0.29) is 11.7 Å². The van der Waals surface area contributed by atoms with Gasteiger partial charge in [-0.05, 0) is 54.5 Å². The van der Waals surface area contributed by atoms with Gasteiger partial charge in [0.2, 0.25) is 19.5 Å². The molecule has 6 heteroatoms. The van der Waals surface area contributed by atoms with Gasteiger partial charge in [-0.15, -0.1) is 0 Å². The van der Waals surface area contributed by atoms with Gasteiger partial charge >= 0.3 is 0 Å². The Kier molecular flexibility index (Phi) is 6.69. The Hall–Kier alpha value is -0.669. The first kappa shape index (κ1) is 22.6. The fraction of sp³-hybridized carbons (Fsp3) is 0.619. The van der Waals surface area contributed by atoms with Crippen molar-refractivity contribution in [1.82, 2.24) is 4.23 Å². The van der Waals surface area contributed by atoms with Gasteiger partial charge in [-0.3, -0.25) is 0 Å². The van der Waals surface area contributed by atoms with E-state index in [0.29, 0.717) is 24.6 Å². The van der Waals surface area contributed by atoms with Crippen LogP contribution in [-0.4, -0.2) is 38.3 Å². The second-order valence-electron chi connectivity index (χ2n) is 9.42. The Bertz CT molecular complexity index is 785. The van der Waals surface area contributed by atoms with Crippen LogP contribution in [0.5, 0.6) is 0 Å². The van der Waals surface area contributed by atoms with Crippen molar-refractivity contribution >= 4 is 38.7 Å². The van der Waals surface area contributed by atoms with Crippen molar-refractivity contribution in [2.24, 2.45) is 0 Å². The van der Waals surface area contributed by atoms with Gasteiger partial charge in [0.25, 0.3) is 0 Å². The van der Waals surface area contributed by atoms with Gasteiger partial charge in [-0.25, -0.2) is 0 Å². The summed E-state index contributed by atoms with van der Waals surface area (Å²) in [5, 5.41) is 1.64. The van der Waals surface area contributed by atoms with Crippen molar-refractivity contribution in [2.45, 2.75) is 84.5 Å². The summed E-state index contributed by atoms with van der Waals surface area (Å²) in [7, 11) is -0.833. The summed E-state index contributed by atoms with van der Waals surface area (Å²) in [4.78, 5) is 0. The molecule has 0 aliphatic heterocycles. The number of aryl methyl sites for hydroxylation is 1. The lowest BCUT2D eigenvalue weighted by atomic mass is 9.83. The van der Waals surface area contributed by atoms with E-state index in [1.165, 1.54) is 22.0 Å². The van der Waals surface area contributed by atoms with Crippen molar-refractivity contribution in [3.05, 3.63) is 35.5 Å². The predicted molar refractivity (Wildman–Crippen MR) is 121 cm³/mol. The molecule has 1 aromatic heterocycles. The van der Waals surface area contributed by atoms with Gasteiger partial charge in [0.1, 0.15) is 6.29 Å². The zero-order valence-electron chi connectivity index (χ0n) is 18.7. The smallest absolute Gasteiger partial charge is 0.229 e. The van der Waals surface area contributed by atoms with Crippen LogP contribution >= 0.6 is 0 Å². The van der Waals surface area contributed by atoms with Gasteiger partial charge in [0.05, 0.1) is 0 Å². The van der Waals surface area contributed by atoms with Crippen LogP contribution in [0.25, 0.3) is 10.9 Å².